The monoisotopic (exact) mass is 295 g/mol. The molecule has 1 N–H and O–H groups in total. The number of hydrogen-bond acceptors (Lipinski definition) is 3. The van der Waals surface area contributed by atoms with E-state index in [4.69, 9.17) is 0 Å². The minimum atomic E-state index is -3.61. The Hall–Kier alpha value is -1.73. The molecular weight excluding hydrogens is 281 g/mol. The highest BCUT2D eigenvalue weighted by Gasteiger charge is 2.36. The van der Waals surface area contributed by atoms with Gasteiger partial charge in [-0.25, -0.2) is 17.8 Å². The normalized spacial score (nSPS) is 20.4. The van der Waals surface area contributed by atoms with Gasteiger partial charge in [0.05, 0.1) is 18.6 Å². The van der Waals surface area contributed by atoms with Crippen molar-refractivity contribution in [3.05, 3.63) is 48.2 Å². The van der Waals surface area contributed by atoms with Gasteiger partial charge in [0.1, 0.15) is 5.82 Å². The minimum absolute atomic E-state index is 0.0702. The quantitative estimate of drug-likeness (QED) is 0.942. The molecule has 2 aromatic rings. The number of H-pyrrole nitrogens is 1. The fraction of sp³-hybridized carbons (Fsp3) is 0.308. The molecule has 3 rings (SSSR count). The van der Waals surface area contributed by atoms with E-state index in [0.717, 1.165) is 6.42 Å². The van der Waals surface area contributed by atoms with E-state index < -0.39 is 10.0 Å². The number of imidazole rings is 1. The Labute approximate surface area is 116 Å². The van der Waals surface area contributed by atoms with Gasteiger partial charge >= 0.3 is 0 Å². The van der Waals surface area contributed by atoms with Crippen molar-refractivity contribution in [3.8, 4) is 0 Å². The predicted octanol–water partition coefficient (Wildman–Crippen LogP) is 2.07. The van der Waals surface area contributed by atoms with Crippen LogP contribution in [0.2, 0.25) is 0 Å². The average Bonchev–Trinajstić information content (AvgIpc) is 3.11. The summed E-state index contributed by atoms with van der Waals surface area (Å²) in [6.07, 6.45) is 4.07. The number of benzene rings is 1. The molecule has 1 aromatic carbocycles. The summed E-state index contributed by atoms with van der Waals surface area (Å²) >= 11 is 0. The van der Waals surface area contributed by atoms with Gasteiger partial charge in [0.25, 0.3) is 10.0 Å². The highest BCUT2D eigenvalue weighted by Crippen LogP contribution is 2.36. The van der Waals surface area contributed by atoms with Crippen LogP contribution in [0, 0.1) is 5.82 Å². The first-order valence-corrected chi connectivity index (χ1v) is 7.79. The van der Waals surface area contributed by atoms with Crippen LogP contribution in [0.4, 0.5) is 4.39 Å². The van der Waals surface area contributed by atoms with Gasteiger partial charge in [0.15, 0.2) is 5.03 Å². The first-order valence-electron chi connectivity index (χ1n) is 6.35. The first kappa shape index (κ1) is 13.3. The highest BCUT2D eigenvalue weighted by atomic mass is 32.2. The largest absolute Gasteiger partial charge is 0.335 e. The Kier molecular flexibility index (Phi) is 3.31. The number of hydrogen-bond donors (Lipinski definition) is 1. The summed E-state index contributed by atoms with van der Waals surface area (Å²) in [5, 5.41) is 0.0702. The third-order valence-corrected chi connectivity index (χ3v) is 5.33. The maximum atomic E-state index is 13.3. The van der Waals surface area contributed by atoms with Gasteiger partial charge in [0.2, 0.25) is 0 Å². The molecule has 0 radical (unpaired) electrons. The van der Waals surface area contributed by atoms with Crippen LogP contribution >= 0.6 is 0 Å². The molecule has 0 unspecified atom stereocenters. The molecule has 0 bridgehead atoms. The molecular formula is C13H14FN3O2S. The fourth-order valence-electron chi connectivity index (χ4n) is 2.59. The van der Waals surface area contributed by atoms with Crippen molar-refractivity contribution in [2.24, 2.45) is 0 Å². The molecule has 20 heavy (non-hydrogen) atoms. The molecule has 0 saturated carbocycles. The Morgan fingerprint density at radius 3 is 2.95 bits per heavy atom. The summed E-state index contributed by atoms with van der Waals surface area (Å²) < 4.78 is 39.8. The van der Waals surface area contributed by atoms with Crippen molar-refractivity contribution in [1.29, 1.82) is 0 Å². The van der Waals surface area contributed by atoms with Crippen molar-refractivity contribution < 1.29 is 12.8 Å². The average molecular weight is 295 g/mol. The van der Waals surface area contributed by atoms with E-state index >= 15 is 0 Å². The molecule has 1 fully saturated rings. The minimum Gasteiger partial charge on any atom is -0.335 e. The van der Waals surface area contributed by atoms with Gasteiger partial charge < -0.3 is 4.98 Å². The van der Waals surface area contributed by atoms with Crippen molar-refractivity contribution in [2.45, 2.75) is 23.9 Å². The van der Waals surface area contributed by atoms with Crippen LogP contribution in [0.15, 0.2) is 41.8 Å². The van der Waals surface area contributed by atoms with E-state index in [1.54, 1.807) is 12.1 Å². The Bertz CT molecular complexity index is 700. The van der Waals surface area contributed by atoms with Gasteiger partial charge in [-0.15, -0.1) is 0 Å². The van der Waals surface area contributed by atoms with Gasteiger partial charge in [-0.2, -0.15) is 4.31 Å². The topological polar surface area (TPSA) is 66.1 Å². The van der Waals surface area contributed by atoms with Crippen molar-refractivity contribution in [2.75, 3.05) is 6.54 Å². The van der Waals surface area contributed by atoms with Crippen LogP contribution in [-0.4, -0.2) is 29.2 Å². The van der Waals surface area contributed by atoms with Gasteiger partial charge in [-0.05, 0) is 30.5 Å². The van der Waals surface area contributed by atoms with E-state index in [1.165, 1.54) is 29.0 Å². The SMILES string of the molecule is O=S(=O)(c1cnc[nH]1)N1CCC[C@H]1c1cccc(F)c1. The van der Waals surface area contributed by atoms with Crippen LogP contribution in [0.25, 0.3) is 0 Å². The summed E-state index contributed by atoms with van der Waals surface area (Å²) in [5.74, 6) is -0.353. The van der Waals surface area contributed by atoms with Crippen molar-refractivity contribution >= 4 is 10.0 Å². The zero-order valence-corrected chi connectivity index (χ0v) is 11.5. The summed E-state index contributed by atoms with van der Waals surface area (Å²) in [7, 11) is -3.61. The number of rotatable bonds is 3. The Balaban J connectivity index is 1.98. The third-order valence-electron chi connectivity index (χ3n) is 3.50. The van der Waals surface area contributed by atoms with Crippen LogP contribution in [0.3, 0.4) is 0 Å². The standard InChI is InChI=1S/C13H14FN3O2S/c14-11-4-1-3-10(7-11)12-5-2-6-17(12)20(18,19)13-8-15-9-16-13/h1,3-4,7-9,12H,2,5-6H2,(H,15,16)/t12-/m0/s1. The van der Waals surface area contributed by atoms with E-state index in [1.807, 2.05) is 0 Å². The first-order chi connectivity index (χ1) is 9.59. The van der Waals surface area contributed by atoms with Gasteiger partial charge in [0, 0.05) is 6.54 Å². The van der Waals surface area contributed by atoms with Gasteiger partial charge in [-0.3, -0.25) is 0 Å². The van der Waals surface area contributed by atoms with Crippen LogP contribution in [0.5, 0.6) is 0 Å². The maximum absolute atomic E-state index is 13.3. The van der Waals surface area contributed by atoms with E-state index in [9.17, 15) is 12.8 Å². The number of nitrogens with one attached hydrogen (secondary N) is 1. The second kappa shape index (κ2) is 4.99. The number of sulfonamides is 1. The molecule has 1 aliphatic rings. The van der Waals surface area contributed by atoms with E-state index in [0.29, 0.717) is 18.5 Å². The van der Waals surface area contributed by atoms with Crippen molar-refractivity contribution in [1.82, 2.24) is 14.3 Å². The molecule has 0 spiro atoms. The molecule has 1 aromatic heterocycles. The molecule has 5 nitrogen and oxygen atoms in total. The van der Waals surface area contributed by atoms with E-state index in [2.05, 4.69) is 9.97 Å². The molecule has 0 amide bonds. The number of halogens is 1. The molecule has 1 saturated heterocycles. The molecule has 7 heteroatoms. The Morgan fingerprint density at radius 1 is 1.40 bits per heavy atom. The van der Waals surface area contributed by atoms with E-state index in [-0.39, 0.29) is 16.9 Å². The zero-order chi connectivity index (χ0) is 14.2. The summed E-state index contributed by atoms with van der Waals surface area (Å²) in [4.78, 5) is 6.37. The number of nitrogens with zero attached hydrogens (tertiary/aromatic N) is 2. The lowest BCUT2D eigenvalue weighted by atomic mass is 10.1. The second-order valence-corrected chi connectivity index (χ2v) is 6.60. The maximum Gasteiger partial charge on any atom is 0.260 e. The summed E-state index contributed by atoms with van der Waals surface area (Å²) in [6, 6.07) is 5.79. The number of aromatic amines is 1. The zero-order valence-electron chi connectivity index (χ0n) is 10.7. The lowest BCUT2D eigenvalue weighted by Crippen LogP contribution is -2.31. The molecule has 1 aliphatic heterocycles. The summed E-state index contributed by atoms with van der Waals surface area (Å²) in [5.41, 5.74) is 0.686. The van der Waals surface area contributed by atoms with Gasteiger partial charge in [-0.1, -0.05) is 12.1 Å². The highest BCUT2D eigenvalue weighted by molar-refractivity contribution is 7.89. The molecule has 0 aliphatic carbocycles. The molecule has 2 heterocycles. The second-order valence-electron chi connectivity index (χ2n) is 4.74. The van der Waals surface area contributed by atoms with Crippen LogP contribution < -0.4 is 0 Å². The Morgan fingerprint density at radius 2 is 2.25 bits per heavy atom. The molecule has 1 atom stereocenters. The lowest BCUT2D eigenvalue weighted by Gasteiger charge is -2.23. The lowest BCUT2D eigenvalue weighted by molar-refractivity contribution is 0.394. The number of aromatic nitrogens is 2. The van der Waals surface area contributed by atoms with Crippen LogP contribution in [0.1, 0.15) is 24.4 Å². The third kappa shape index (κ3) is 2.23. The fourth-order valence-corrected chi connectivity index (χ4v) is 4.17. The van der Waals surface area contributed by atoms with Crippen molar-refractivity contribution in [3.63, 3.8) is 0 Å². The smallest absolute Gasteiger partial charge is 0.260 e. The summed E-state index contributed by atoms with van der Waals surface area (Å²) in [6.45, 7) is 0.433. The molecule has 106 valence electrons. The predicted molar refractivity (Wildman–Crippen MR) is 70.9 cm³/mol. The van der Waals surface area contributed by atoms with Crippen LogP contribution in [-0.2, 0) is 10.0 Å².